The molecule has 5 nitrogen and oxygen atoms in total. The molecule has 1 saturated heterocycles. The van der Waals surface area contributed by atoms with E-state index in [1.54, 1.807) is 30.8 Å². The molecule has 0 radical (unpaired) electrons. The topological polar surface area (TPSA) is 58.1 Å². The van der Waals surface area contributed by atoms with Gasteiger partial charge in [0, 0.05) is 29.6 Å². The van der Waals surface area contributed by atoms with Gasteiger partial charge < -0.3 is 10.2 Å². The van der Waals surface area contributed by atoms with Crippen molar-refractivity contribution in [3.8, 4) is 0 Å². The molecule has 0 spiro atoms. The average molecular weight is 437 g/mol. The molecule has 2 heterocycles. The van der Waals surface area contributed by atoms with E-state index in [2.05, 4.69) is 51.6 Å². The minimum atomic E-state index is -0.310. The van der Waals surface area contributed by atoms with E-state index in [1.807, 2.05) is 12.1 Å². The summed E-state index contributed by atoms with van der Waals surface area (Å²) in [5, 5.41) is 12.4. The molecule has 7 heteroatoms. The SMILES string of the molecule is Cc1ccc(Sc2ccc(N3CCC(C(=O)Nc4ccc(C)c(F)c4)CC3)nn2)cc1. The first-order valence-corrected chi connectivity index (χ1v) is 11.2. The van der Waals surface area contributed by atoms with Crippen LogP contribution in [0.25, 0.3) is 0 Å². The lowest BCUT2D eigenvalue weighted by molar-refractivity contribution is -0.120. The number of aryl methyl sites for hydroxylation is 2. The number of benzene rings is 2. The van der Waals surface area contributed by atoms with Crippen LogP contribution >= 0.6 is 11.8 Å². The molecular formula is C24H25FN4OS. The van der Waals surface area contributed by atoms with E-state index in [0.29, 0.717) is 11.3 Å². The van der Waals surface area contributed by atoms with Gasteiger partial charge in [-0.2, -0.15) is 0 Å². The lowest BCUT2D eigenvalue weighted by Crippen LogP contribution is -2.38. The average Bonchev–Trinajstić information content (AvgIpc) is 2.78. The largest absolute Gasteiger partial charge is 0.355 e. The van der Waals surface area contributed by atoms with Crippen LogP contribution in [0.2, 0.25) is 0 Å². The van der Waals surface area contributed by atoms with Gasteiger partial charge in [-0.25, -0.2) is 4.39 Å². The smallest absolute Gasteiger partial charge is 0.227 e. The Balaban J connectivity index is 1.30. The minimum absolute atomic E-state index is 0.0566. The Kier molecular flexibility index (Phi) is 6.51. The highest BCUT2D eigenvalue weighted by atomic mass is 32.2. The third kappa shape index (κ3) is 5.41. The summed E-state index contributed by atoms with van der Waals surface area (Å²) in [4.78, 5) is 15.9. The molecule has 1 fully saturated rings. The van der Waals surface area contributed by atoms with Gasteiger partial charge in [0.15, 0.2) is 5.82 Å². The zero-order valence-corrected chi connectivity index (χ0v) is 18.5. The van der Waals surface area contributed by atoms with Crippen LogP contribution in [0, 0.1) is 25.6 Å². The van der Waals surface area contributed by atoms with Crippen molar-refractivity contribution in [2.45, 2.75) is 36.6 Å². The molecule has 1 aliphatic rings. The van der Waals surface area contributed by atoms with Gasteiger partial charge in [-0.3, -0.25) is 4.79 Å². The number of piperidine rings is 1. The van der Waals surface area contributed by atoms with E-state index in [9.17, 15) is 9.18 Å². The first kappa shape index (κ1) is 21.3. The van der Waals surface area contributed by atoms with Crippen molar-refractivity contribution in [3.05, 3.63) is 71.5 Å². The summed E-state index contributed by atoms with van der Waals surface area (Å²) < 4.78 is 13.7. The Labute approximate surface area is 186 Å². The van der Waals surface area contributed by atoms with Crippen molar-refractivity contribution < 1.29 is 9.18 Å². The molecule has 1 aliphatic heterocycles. The zero-order valence-electron chi connectivity index (χ0n) is 17.6. The normalized spacial score (nSPS) is 14.5. The summed E-state index contributed by atoms with van der Waals surface area (Å²) >= 11 is 1.59. The number of anilines is 2. The van der Waals surface area contributed by atoms with Crippen molar-refractivity contribution >= 4 is 29.2 Å². The predicted molar refractivity (Wildman–Crippen MR) is 122 cm³/mol. The summed E-state index contributed by atoms with van der Waals surface area (Å²) in [5.41, 5.74) is 2.30. The highest BCUT2D eigenvalue weighted by Crippen LogP contribution is 2.28. The summed E-state index contributed by atoms with van der Waals surface area (Å²) in [5.74, 6) is 0.367. The van der Waals surface area contributed by atoms with Crippen molar-refractivity contribution in [2.75, 3.05) is 23.3 Å². The minimum Gasteiger partial charge on any atom is -0.355 e. The van der Waals surface area contributed by atoms with Crippen molar-refractivity contribution in [1.29, 1.82) is 0 Å². The Morgan fingerprint density at radius 2 is 1.77 bits per heavy atom. The van der Waals surface area contributed by atoms with Crippen LogP contribution in [0.5, 0.6) is 0 Å². The molecule has 4 rings (SSSR count). The van der Waals surface area contributed by atoms with Crippen LogP contribution in [0.3, 0.4) is 0 Å². The van der Waals surface area contributed by atoms with Crippen LogP contribution in [-0.2, 0) is 4.79 Å². The second kappa shape index (κ2) is 9.47. The number of carbonyl (C=O) groups is 1. The quantitative estimate of drug-likeness (QED) is 0.593. The lowest BCUT2D eigenvalue weighted by atomic mass is 9.95. The maximum Gasteiger partial charge on any atom is 0.227 e. The molecule has 31 heavy (non-hydrogen) atoms. The Morgan fingerprint density at radius 1 is 1.03 bits per heavy atom. The van der Waals surface area contributed by atoms with Gasteiger partial charge in [0.2, 0.25) is 5.91 Å². The van der Waals surface area contributed by atoms with Crippen molar-refractivity contribution in [1.82, 2.24) is 10.2 Å². The first-order valence-electron chi connectivity index (χ1n) is 10.4. The number of hydrogen-bond acceptors (Lipinski definition) is 5. The molecule has 1 aromatic heterocycles. The van der Waals surface area contributed by atoms with Crippen molar-refractivity contribution in [2.24, 2.45) is 5.92 Å². The highest BCUT2D eigenvalue weighted by Gasteiger charge is 2.26. The summed E-state index contributed by atoms with van der Waals surface area (Å²) in [6.45, 7) is 5.24. The fourth-order valence-corrected chi connectivity index (χ4v) is 4.28. The molecule has 0 saturated carbocycles. The first-order chi connectivity index (χ1) is 15.0. The van der Waals surface area contributed by atoms with Gasteiger partial charge in [0.1, 0.15) is 10.8 Å². The third-order valence-corrected chi connectivity index (χ3v) is 6.43. The molecule has 0 aliphatic carbocycles. The number of nitrogens with one attached hydrogen (secondary N) is 1. The monoisotopic (exact) mass is 436 g/mol. The molecule has 0 unspecified atom stereocenters. The number of halogens is 1. The number of hydrogen-bond donors (Lipinski definition) is 1. The number of amides is 1. The van der Waals surface area contributed by atoms with Gasteiger partial charge in [0.05, 0.1) is 0 Å². The van der Waals surface area contributed by atoms with Crippen LogP contribution < -0.4 is 10.2 Å². The van der Waals surface area contributed by atoms with Gasteiger partial charge in [0.25, 0.3) is 0 Å². The van der Waals surface area contributed by atoms with E-state index in [-0.39, 0.29) is 17.6 Å². The highest BCUT2D eigenvalue weighted by molar-refractivity contribution is 7.99. The number of rotatable bonds is 5. The number of nitrogens with zero attached hydrogens (tertiary/aromatic N) is 3. The van der Waals surface area contributed by atoms with Crippen LogP contribution in [-0.4, -0.2) is 29.2 Å². The molecular weight excluding hydrogens is 411 g/mol. The van der Waals surface area contributed by atoms with E-state index in [1.165, 1.54) is 11.6 Å². The van der Waals surface area contributed by atoms with Gasteiger partial charge in [-0.15, -0.1) is 10.2 Å². The molecule has 160 valence electrons. The molecule has 1 amide bonds. The number of aromatic nitrogens is 2. The number of carbonyl (C=O) groups excluding carboxylic acids is 1. The molecule has 3 aromatic rings. The van der Waals surface area contributed by atoms with Crippen LogP contribution in [0.4, 0.5) is 15.9 Å². The fraction of sp³-hybridized carbons (Fsp3) is 0.292. The summed E-state index contributed by atoms with van der Waals surface area (Å²) in [6.07, 6.45) is 1.45. The van der Waals surface area contributed by atoms with Crippen LogP contribution in [0.1, 0.15) is 24.0 Å². The van der Waals surface area contributed by atoms with E-state index < -0.39 is 0 Å². The summed E-state index contributed by atoms with van der Waals surface area (Å²) in [7, 11) is 0. The third-order valence-electron chi connectivity index (χ3n) is 5.50. The molecule has 0 atom stereocenters. The Morgan fingerprint density at radius 3 is 2.42 bits per heavy atom. The summed E-state index contributed by atoms with van der Waals surface area (Å²) in [6, 6.07) is 17.1. The molecule has 0 bridgehead atoms. The predicted octanol–water partition coefficient (Wildman–Crippen LogP) is 5.24. The van der Waals surface area contributed by atoms with E-state index in [4.69, 9.17) is 0 Å². The van der Waals surface area contributed by atoms with Gasteiger partial charge >= 0.3 is 0 Å². The molecule has 2 aromatic carbocycles. The Hall–Kier alpha value is -2.93. The maximum atomic E-state index is 13.7. The van der Waals surface area contributed by atoms with Gasteiger partial charge in [-0.05, 0) is 68.7 Å². The lowest BCUT2D eigenvalue weighted by Gasteiger charge is -2.31. The fourth-order valence-electron chi connectivity index (χ4n) is 3.55. The second-order valence-electron chi connectivity index (χ2n) is 7.86. The van der Waals surface area contributed by atoms with E-state index >= 15 is 0 Å². The van der Waals surface area contributed by atoms with Crippen LogP contribution in [0.15, 0.2) is 64.5 Å². The van der Waals surface area contributed by atoms with E-state index in [0.717, 1.165) is 41.7 Å². The van der Waals surface area contributed by atoms with Gasteiger partial charge in [-0.1, -0.05) is 35.5 Å². The maximum absolute atomic E-state index is 13.7. The standard InChI is InChI=1S/C24H25FN4OS/c1-16-3-7-20(8-4-16)31-23-10-9-22(27-28-23)29-13-11-18(12-14-29)24(30)26-19-6-5-17(2)21(25)15-19/h3-10,15,18H,11-14H2,1-2H3,(H,26,30). The van der Waals surface area contributed by atoms with Crippen molar-refractivity contribution in [3.63, 3.8) is 0 Å². The molecule has 1 N–H and O–H groups in total. The Bertz CT molecular complexity index is 1050. The zero-order chi connectivity index (χ0) is 21.8. The second-order valence-corrected chi connectivity index (χ2v) is 8.95.